The van der Waals surface area contributed by atoms with E-state index in [-0.39, 0.29) is 5.56 Å². The third-order valence-electron chi connectivity index (χ3n) is 2.79. The number of imidazole rings is 1. The Morgan fingerprint density at radius 2 is 2.28 bits per heavy atom. The van der Waals surface area contributed by atoms with Gasteiger partial charge in [0.1, 0.15) is 11.6 Å². The first-order valence-electron chi connectivity index (χ1n) is 5.46. The van der Waals surface area contributed by atoms with E-state index in [0.29, 0.717) is 11.9 Å². The van der Waals surface area contributed by atoms with E-state index in [4.69, 9.17) is 9.52 Å². The van der Waals surface area contributed by atoms with Crippen molar-refractivity contribution in [1.82, 2.24) is 9.38 Å². The van der Waals surface area contributed by atoms with Crippen molar-refractivity contribution in [2.24, 2.45) is 0 Å². The molecule has 3 aromatic heterocycles. The summed E-state index contributed by atoms with van der Waals surface area (Å²) in [6.45, 7) is 0. The number of hydrogen-bond donors (Lipinski definition) is 1. The number of nitrogens with zero attached hydrogens (tertiary/aromatic N) is 2. The second-order valence-electron chi connectivity index (χ2n) is 3.91. The Hall–Kier alpha value is -2.56. The van der Waals surface area contributed by atoms with Crippen LogP contribution in [0.25, 0.3) is 5.52 Å². The zero-order valence-corrected chi connectivity index (χ0v) is 9.41. The van der Waals surface area contributed by atoms with Crippen LogP contribution in [-0.4, -0.2) is 20.5 Å². The smallest absolute Gasteiger partial charge is 0.337 e. The maximum Gasteiger partial charge on any atom is 0.337 e. The maximum absolute atomic E-state index is 11.1. The van der Waals surface area contributed by atoms with Crippen molar-refractivity contribution < 1.29 is 14.3 Å². The van der Waals surface area contributed by atoms with Gasteiger partial charge in [0.15, 0.2) is 0 Å². The lowest BCUT2D eigenvalue weighted by atomic mass is 10.2. The molecule has 3 aromatic rings. The van der Waals surface area contributed by atoms with Crippen molar-refractivity contribution in [3.8, 4) is 0 Å². The van der Waals surface area contributed by atoms with Crippen LogP contribution in [0.4, 0.5) is 0 Å². The first kappa shape index (κ1) is 10.6. The summed E-state index contributed by atoms with van der Waals surface area (Å²) in [5, 5.41) is 9.09. The van der Waals surface area contributed by atoms with Gasteiger partial charge in [-0.05, 0) is 24.3 Å². The highest BCUT2D eigenvalue weighted by atomic mass is 16.4. The van der Waals surface area contributed by atoms with Gasteiger partial charge in [0.2, 0.25) is 0 Å². The van der Waals surface area contributed by atoms with Gasteiger partial charge >= 0.3 is 5.97 Å². The predicted octanol–water partition coefficient (Wildman–Crippen LogP) is 2.22. The second-order valence-corrected chi connectivity index (χ2v) is 3.91. The molecule has 0 aliphatic carbocycles. The lowest BCUT2D eigenvalue weighted by Crippen LogP contribution is -2.01. The van der Waals surface area contributed by atoms with Crippen LogP contribution in [0.15, 0.2) is 47.3 Å². The molecular weight excluding hydrogens is 232 g/mol. The zero-order valence-electron chi connectivity index (χ0n) is 9.41. The number of carbonyl (C=O) groups is 1. The number of pyridine rings is 1. The molecule has 90 valence electrons. The number of rotatable bonds is 3. The maximum atomic E-state index is 11.1. The summed E-state index contributed by atoms with van der Waals surface area (Å²) in [7, 11) is 0. The topological polar surface area (TPSA) is 67.7 Å². The molecule has 0 atom stereocenters. The molecular formula is C13H10N2O3. The van der Waals surface area contributed by atoms with Crippen LogP contribution in [0.1, 0.15) is 21.9 Å². The molecule has 0 aliphatic rings. The number of furan rings is 1. The normalized spacial score (nSPS) is 10.9. The van der Waals surface area contributed by atoms with Gasteiger partial charge < -0.3 is 13.9 Å². The quantitative estimate of drug-likeness (QED) is 0.764. The van der Waals surface area contributed by atoms with Crippen LogP contribution in [0.5, 0.6) is 0 Å². The van der Waals surface area contributed by atoms with E-state index >= 15 is 0 Å². The lowest BCUT2D eigenvalue weighted by Gasteiger charge is -2.01. The fourth-order valence-corrected chi connectivity index (χ4v) is 1.96. The Morgan fingerprint density at radius 1 is 1.39 bits per heavy atom. The third-order valence-corrected chi connectivity index (χ3v) is 2.79. The zero-order chi connectivity index (χ0) is 12.5. The molecule has 0 spiro atoms. The number of aromatic nitrogens is 2. The highest BCUT2D eigenvalue weighted by molar-refractivity contribution is 5.95. The number of fused-ring (bicyclic) bond motifs is 1. The Bertz CT molecular complexity index is 698. The summed E-state index contributed by atoms with van der Waals surface area (Å²) in [6.07, 6.45) is 5.51. The van der Waals surface area contributed by atoms with Crippen LogP contribution >= 0.6 is 0 Å². The molecule has 0 aromatic carbocycles. The molecule has 0 amide bonds. The fourth-order valence-electron chi connectivity index (χ4n) is 1.96. The van der Waals surface area contributed by atoms with Gasteiger partial charge in [0.05, 0.1) is 30.0 Å². The molecule has 0 saturated carbocycles. The van der Waals surface area contributed by atoms with E-state index in [2.05, 4.69) is 4.98 Å². The van der Waals surface area contributed by atoms with Crippen LogP contribution in [-0.2, 0) is 6.42 Å². The highest BCUT2D eigenvalue weighted by Crippen LogP contribution is 2.15. The van der Waals surface area contributed by atoms with Gasteiger partial charge in [-0.15, -0.1) is 0 Å². The minimum Gasteiger partial charge on any atom is -0.478 e. The third kappa shape index (κ3) is 1.66. The first-order valence-corrected chi connectivity index (χ1v) is 5.46. The van der Waals surface area contributed by atoms with E-state index in [1.807, 2.05) is 12.1 Å². The molecule has 0 saturated heterocycles. The van der Waals surface area contributed by atoms with Crippen molar-refractivity contribution in [1.29, 1.82) is 0 Å². The summed E-state index contributed by atoms with van der Waals surface area (Å²) in [6, 6.07) is 6.94. The van der Waals surface area contributed by atoms with E-state index in [1.165, 1.54) is 0 Å². The van der Waals surface area contributed by atoms with Gasteiger partial charge in [-0.3, -0.25) is 0 Å². The van der Waals surface area contributed by atoms with Gasteiger partial charge in [0, 0.05) is 6.20 Å². The molecule has 18 heavy (non-hydrogen) atoms. The van der Waals surface area contributed by atoms with E-state index in [0.717, 1.165) is 11.6 Å². The molecule has 5 nitrogen and oxygen atoms in total. The van der Waals surface area contributed by atoms with Crippen LogP contribution < -0.4 is 0 Å². The van der Waals surface area contributed by atoms with Crippen molar-refractivity contribution in [3.63, 3.8) is 0 Å². The Kier molecular flexibility index (Phi) is 2.37. The van der Waals surface area contributed by atoms with Gasteiger partial charge in [-0.1, -0.05) is 0 Å². The standard InChI is InChI=1S/C13H10N2O3/c16-13(17)10-4-1-5-15-11(10)8-14-12(15)7-9-3-2-6-18-9/h1-6,8H,7H2,(H,16,17). The molecule has 0 bridgehead atoms. The minimum absolute atomic E-state index is 0.246. The summed E-state index contributed by atoms with van der Waals surface area (Å²) < 4.78 is 7.03. The molecule has 0 fully saturated rings. The minimum atomic E-state index is -0.954. The molecule has 1 N–H and O–H groups in total. The van der Waals surface area contributed by atoms with E-state index < -0.39 is 5.97 Å². The monoisotopic (exact) mass is 242 g/mol. The molecule has 0 radical (unpaired) electrons. The average Bonchev–Trinajstić information content (AvgIpc) is 2.99. The van der Waals surface area contributed by atoms with E-state index in [9.17, 15) is 4.79 Å². The van der Waals surface area contributed by atoms with Crippen molar-refractivity contribution in [3.05, 3.63) is 60.1 Å². The Balaban J connectivity index is 2.09. The first-order chi connectivity index (χ1) is 8.75. The summed E-state index contributed by atoms with van der Waals surface area (Å²) in [5.74, 6) is 0.594. The molecule has 3 rings (SSSR count). The fraction of sp³-hybridized carbons (Fsp3) is 0.0769. The van der Waals surface area contributed by atoms with E-state index in [1.54, 1.807) is 35.2 Å². The molecule has 0 unspecified atom stereocenters. The highest BCUT2D eigenvalue weighted by Gasteiger charge is 2.12. The second kappa shape index (κ2) is 4.03. The van der Waals surface area contributed by atoms with Gasteiger partial charge in [0.25, 0.3) is 0 Å². The van der Waals surface area contributed by atoms with Crippen LogP contribution in [0.2, 0.25) is 0 Å². The van der Waals surface area contributed by atoms with Crippen molar-refractivity contribution >= 4 is 11.5 Å². The number of carboxylic acids is 1. The number of hydrogen-bond acceptors (Lipinski definition) is 3. The van der Waals surface area contributed by atoms with Crippen LogP contribution in [0, 0.1) is 0 Å². The summed E-state index contributed by atoms with van der Waals surface area (Å²) in [5.41, 5.74) is 0.835. The van der Waals surface area contributed by atoms with Gasteiger partial charge in [-0.2, -0.15) is 0 Å². The summed E-state index contributed by atoms with van der Waals surface area (Å²) >= 11 is 0. The summed E-state index contributed by atoms with van der Waals surface area (Å²) in [4.78, 5) is 15.3. The molecule has 0 aliphatic heterocycles. The number of aromatic carboxylic acids is 1. The lowest BCUT2D eigenvalue weighted by molar-refractivity contribution is 0.0698. The molecule has 5 heteroatoms. The molecule has 3 heterocycles. The van der Waals surface area contributed by atoms with Crippen molar-refractivity contribution in [2.45, 2.75) is 6.42 Å². The Morgan fingerprint density at radius 3 is 3.00 bits per heavy atom. The van der Waals surface area contributed by atoms with Gasteiger partial charge in [-0.25, -0.2) is 9.78 Å². The largest absolute Gasteiger partial charge is 0.478 e. The van der Waals surface area contributed by atoms with Crippen LogP contribution in [0.3, 0.4) is 0 Å². The number of carboxylic acid groups (broad SMARTS) is 1. The van der Waals surface area contributed by atoms with Crippen molar-refractivity contribution in [2.75, 3.05) is 0 Å². The Labute approximate surface area is 102 Å². The SMILES string of the molecule is O=C(O)c1cccn2c(Cc3ccco3)ncc12. The average molecular weight is 242 g/mol. The predicted molar refractivity (Wildman–Crippen MR) is 63.7 cm³/mol.